The molecule has 1 saturated heterocycles. The normalized spacial score (nSPS) is 17.8. The molecule has 0 amide bonds. The summed E-state index contributed by atoms with van der Waals surface area (Å²) in [5.41, 5.74) is 2.03. The molecule has 1 N–H and O–H groups in total. The number of hydrogen-bond acceptors (Lipinski definition) is 3. The van der Waals surface area contributed by atoms with Crippen molar-refractivity contribution in [2.75, 3.05) is 38.1 Å². The van der Waals surface area contributed by atoms with Crippen molar-refractivity contribution in [1.82, 2.24) is 4.90 Å². The van der Waals surface area contributed by atoms with Gasteiger partial charge in [0.15, 0.2) is 0 Å². The van der Waals surface area contributed by atoms with E-state index in [1.54, 1.807) is 0 Å². The predicted octanol–water partition coefficient (Wildman–Crippen LogP) is 1.24. The van der Waals surface area contributed by atoms with E-state index < -0.39 is 0 Å². The van der Waals surface area contributed by atoms with Crippen LogP contribution in [0.5, 0.6) is 0 Å². The molecule has 3 nitrogen and oxygen atoms in total. The van der Waals surface area contributed by atoms with Crippen molar-refractivity contribution in [3.8, 4) is 0 Å². The fourth-order valence-corrected chi connectivity index (χ4v) is 1.88. The van der Waals surface area contributed by atoms with Gasteiger partial charge in [-0.1, -0.05) is 12.1 Å². The Labute approximate surface area is 90.8 Å². The van der Waals surface area contributed by atoms with E-state index in [9.17, 15) is 0 Å². The highest BCUT2D eigenvalue weighted by molar-refractivity contribution is 5.85. The number of rotatable bonds is 2. The molecule has 1 aliphatic heterocycles. The fraction of sp³-hybridized carbons (Fsp3) is 0.417. The van der Waals surface area contributed by atoms with E-state index >= 15 is 0 Å². The molecule has 1 fully saturated rings. The average Bonchev–Trinajstić information content (AvgIpc) is 2.30. The molecule has 1 aromatic carbocycles. The number of nitrogens with one attached hydrogen (secondary N) is 1. The van der Waals surface area contributed by atoms with Crippen molar-refractivity contribution in [3.05, 3.63) is 29.8 Å². The fourth-order valence-electron chi connectivity index (χ4n) is 1.88. The second-order valence-electron chi connectivity index (χ2n) is 3.90. The van der Waals surface area contributed by atoms with Gasteiger partial charge in [-0.3, -0.25) is 0 Å². The minimum Gasteiger partial charge on any atom is -0.368 e. The van der Waals surface area contributed by atoms with Gasteiger partial charge in [0.2, 0.25) is 0 Å². The molecule has 79 valence electrons. The van der Waals surface area contributed by atoms with Crippen molar-refractivity contribution in [3.63, 3.8) is 0 Å². The summed E-state index contributed by atoms with van der Waals surface area (Å²) in [5.74, 6) is 0. The van der Waals surface area contributed by atoms with E-state index in [0.29, 0.717) is 0 Å². The van der Waals surface area contributed by atoms with Crippen LogP contribution >= 0.6 is 0 Å². The summed E-state index contributed by atoms with van der Waals surface area (Å²) >= 11 is 0. The molecular formula is C12H16N3. The van der Waals surface area contributed by atoms with Crippen LogP contribution in [0.3, 0.4) is 0 Å². The van der Waals surface area contributed by atoms with E-state index in [4.69, 9.17) is 5.41 Å². The highest BCUT2D eigenvalue weighted by atomic mass is 15.2. The molecule has 3 heteroatoms. The summed E-state index contributed by atoms with van der Waals surface area (Å²) in [6, 6.07) is 9.02. The van der Waals surface area contributed by atoms with Crippen LogP contribution in [-0.4, -0.2) is 44.3 Å². The SMILES string of the molecule is CN1CCN(c2ccc[c]c2C=N)CC1. The second kappa shape index (κ2) is 4.45. The smallest absolute Gasteiger partial charge is 0.0462 e. The van der Waals surface area contributed by atoms with Crippen LogP contribution in [0.2, 0.25) is 0 Å². The van der Waals surface area contributed by atoms with Crippen molar-refractivity contribution in [2.24, 2.45) is 0 Å². The van der Waals surface area contributed by atoms with Gasteiger partial charge in [0, 0.05) is 43.6 Å². The second-order valence-corrected chi connectivity index (χ2v) is 3.90. The Bertz CT molecular complexity index is 340. The van der Waals surface area contributed by atoms with Gasteiger partial charge in [-0.2, -0.15) is 0 Å². The number of hydrogen-bond donors (Lipinski definition) is 1. The summed E-state index contributed by atoms with van der Waals surface area (Å²) in [6.07, 6.45) is 1.38. The minimum absolute atomic E-state index is 0.891. The lowest BCUT2D eigenvalue weighted by atomic mass is 10.1. The Hall–Kier alpha value is -1.35. The largest absolute Gasteiger partial charge is 0.368 e. The zero-order chi connectivity index (χ0) is 10.7. The summed E-state index contributed by atoms with van der Waals surface area (Å²) in [5, 5.41) is 7.35. The van der Waals surface area contributed by atoms with Crippen molar-refractivity contribution in [1.29, 1.82) is 5.41 Å². The zero-order valence-corrected chi connectivity index (χ0v) is 9.03. The molecule has 0 atom stereocenters. The molecule has 1 aliphatic rings. The number of anilines is 1. The summed E-state index contributed by atoms with van der Waals surface area (Å²) < 4.78 is 0. The lowest BCUT2D eigenvalue weighted by Gasteiger charge is -2.34. The first-order valence-electron chi connectivity index (χ1n) is 5.26. The molecule has 1 radical (unpaired) electrons. The monoisotopic (exact) mass is 202 g/mol. The van der Waals surface area contributed by atoms with Gasteiger partial charge in [0.25, 0.3) is 0 Å². The van der Waals surface area contributed by atoms with E-state index in [0.717, 1.165) is 37.4 Å². The van der Waals surface area contributed by atoms with E-state index in [-0.39, 0.29) is 0 Å². The quantitative estimate of drug-likeness (QED) is 0.731. The molecule has 0 spiro atoms. The molecule has 0 bridgehead atoms. The maximum absolute atomic E-state index is 7.35. The third-order valence-corrected chi connectivity index (χ3v) is 2.85. The number of piperazine rings is 1. The van der Waals surface area contributed by atoms with Gasteiger partial charge in [-0.25, -0.2) is 0 Å². The first-order chi connectivity index (χ1) is 7.31. The van der Waals surface area contributed by atoms with Gasteiger partial charge in [-0.05, 0) is 19.2 Å². The Morgan fingerprint density at radius 1 is 1.33 bits per heavy atom. The van der Waals surface area contributed by atoms with Crippen molar-refractivity contribution < 1.29 is 0 Å². The predicted molar refractivity (Wildman–Crippen MR) is 62.9 cm³/mol. The third kappa shape index (κ3) is 2.18. The Morgan fingerprint density at radius 2 is 2.07 bits per heavy atom. The molecule has 0 saturated carbocycles. The first kappa shape index (κ1) is 10.2. The maximum Gasteiger partial charge on any atom is 0.0462 e. The van der Waals surface area contributed by atoms with Crippen LogP contribution in [0.1, 0.15) is 5.56 Å². The highest BCUT2D eigenvalue weighted by Gasteiger charge is 2.15. The van der Waals surface area contributed by atoms with Gasteiger partial charge >= 0.3 is 0 Å². The molecule has 0 unspecified atom stereocenters. The van der Waals surface area contributed by atoms with E-state index in [1.165, 1.54) is 6.21 Å². The van der Waals surface area contributed by atoms with Crippen LogP contribution in [0.25, 0.3) is 0 Å². The third-order valence-electron chi connectivity index (χ3n) is 2.85. The standard InChI is InChI=1S/C12H16N3/c1-14-6-8-15(9-7-14)12-5-3-2-4-11(12)10-13/h2-3,5,10,13H,6-9H2,1H3. The molecule has 1 heterocycles. The van der Waals surface area contributed by atoms with Crippen molar-refractivity contribution in [2.45, 2.75) is 0 Å². The van der Waals surface area contributed by atoms with Gasteiger partial charge in [-0.15, -0.1) is 0 Å². The van der Waals surface area contributed by atoms with Gasteiger partial charge in [0.1, 0.15) is 0 Å². The summed E-state index contributed by atoms with van der Waals surface area (Å²) in [7, 11) is 2.14. The highest BCUT2D eigenvalue weighted by Crippen LogP contribution is 2.19. The summed E-state index contributed by atoms with van der Waals surface area (Å²) in [6.45, 7) is 4.25. The van der Waals surface area contributed by atoms with Gasteiger partial charge in [0.05, 0.1) is 0 Å². The molecule has 0 aromatic heterocycles. The van der Waals surface area contributed by atoms with Crippen molar-refractivity contribution >= 4 is 11.9 Å². The molecule has 0 aliphatic carbocycles. The maximum atomic E-state index is 7.35. The first-order valence-corrected chi connectivity index (χ1v) is 5.26. The Kier molecular flexibility index (Phi) is 3.02. The topological polar surface area (TPSA) is 30.3 Å². The molecule has 2 rings (SSSR count). The van der Waals surface area contributed by atoms with E-state index in [1.807, 2.05) is 12.1 Å². The lowest BCUT2D eigenvalue weighted by Crippen LogP contribution is -2.44. The van der Waals surface area contributed by atoms with Crippen LogP contribution in [-0.2, 0) is 0 Å². The average molecular weight is 202 g/mol. The molecule has 15 heavy (non-hydrogen) atoms. The Morgan fingerprint density at radius 3 is 2.73 bits per heavy atom. The molecular weight excluding hydrogens is 186 g/mol. The summed E-state index contributed by atoms with van der Waals surface area (Å²) in [4.78, 5) is 4.66. The van der Waals surface area contributed by atoms with Crippen LogP contribution < -0.4 is 4.90 Å². The Balaban J connectivity index is 2.18. The minimum atomic E-state index is 0.891. The van der Waals surface area contributed by atoms with Crippen LogP contribution in [0, 0.1) is 11.5 Å². The van der Waals surface area contributed by atoms with Crippen LogP contribution in [0.4, 0.5) is 5.69 Å². The number of likely N-dealkylation sites (N-methyl/N-ethyl adjacent to an activating group) is 1. The lowest BCUT2D eigenvalue weighted by molar-refractivity contribution is 0.313. The number of benzene rings is 1. The van der Waals surface area contributed by atoms with Gasteiger partial charge < -0.3 is 15.2 Å². The van der Waals surface area contributed by atoms with E-state index in [2.05, 4.69) is 29.0 Å². The van der Waals surface area contributed by atoms with Crippen LogP contribution in [0.15, 0.2) is 18.2 Å². The number of nitrogens with zero attached hydrogens (tertiary/aromatic N) is 2. The zero-order valence-electron chi connectivity index (χ0n) is 9.03. The molecule has 1 aromatic rings.